The van der Waals surface area contributed by atoms with Crippen molar-refractivity contribution in [3.05, 3.63) is 89.7 Å². The van der Waals surface area contributed by atoms with Gasteiger partial charge in [-0.25, -0.2) is 12.8 Å². The number of sulfonamides is 1. The molecule has 0 radical (unpaired) electrons. The van der Waals surface area contributed by atoms with Crippen molar-refractivity contribution in [3.63, 3.8) is 0 Å². The van der Waals surface area contributed by atoms with Crippen molar-refractivity contribution >= 4 is 21.4 Å². The lowest BCUT2D eigenvalue weighted by atomic mass is 10.1. The third kappa shape index (κ3) is 4.61. The van der Waals surface area contributed by atoms with Gasteiger partial charge in [0.1, 0.15) is 5.82 Å². The minimum atomic E-state index is -3.74. The molecule has 0 aliphatic heterocycles. The topological polar surface area (TPSA) is 58.2 Å². The van der Waals surface area contributed by atoms with Crippen LogP contribution in [0.2, 0.25) is 0 Å². The Morgan fingerprint density at radius 1 is 0.885 bits per heavy atom. The molecule has 0 amide bonds. The third-order valence-corrected chi connectivity index (χ3v) is 5.24. The number of hydrogen-bond acceptors (Lipinski definition) is 3. The van der Waals surface area contributed by atoms with Crippen LogP contribution in [-0.4, -0.2) is 8.42 Å². The van der Waals surface area contributed by atoms with Gasteiger partial charge in [-0.05, 0) is 61.0 Å². The van der Waals surface area contributed by atoms with Gasteiger partial charge in [-0.3, -0.25) is 4.72 Å². The standard InChI is InChI=1S/C20H19FN2O2S/c1-15-3-2-4-16(13-15)14-22-18-7-9-19(10-8-18)23-26(24,25)20-11-5-17(21)6-12-20/h2-13,22-23H,14H2,1H3. The van der Waals surface area contributed by atoms with E-state index in [1.807, 2.05) is 25.1 Å². The number of aryl methyl sites for hydroxylation is 1. The maximum atomic E-state index is 12.9. The molecule has 0 atom stereocenters. The van der Waals surface area contributed by atoms with E-state index in [2.05, 4.69) is 16.1 Å². The molecule has 0 aliphatic rings. The van der Waals surface area contributed by atoms with Crippen LogP contribution in [0.4, 0.5) is 15.8 Å². The van der Waals surface area contributed by atoms with Crippen molar-refractivity contribution in [1.29, 1.82) is 0 Å². The predicted molar refractivity (Wildman–Crippen MR) is 102 cm³/mol. The van der Waals surface area contributed by atoms with Gasteiger partial charge < -0.3 is 5.32 Å². The van der Waals surface area contributed by atoms with Crippen LogP contribution in [0, 0.1) is 12.7 Å². The lowest BCUT2D eigenvalue weighted by molar-refractivity contribution is 0.599. The highest BCUT2D eigenvalue weighted by atomic mass is 32.2. The summed E-state index contributed by atoms with van der Waals surface area (Å²) in [5.74, 6) is -0.479. The molecular formula is C20H19FN2O2S. The van der Waals surface area contributed by atoms with E-state index in [-0.39, 0.29) is 4.90 Å². The molecule has 26 heavy (non-hydrogen) atoms. The molecule has 134 valence electrons. The molecule has 0 heterocycles. The fraction of sp³-hybridized carbons (Fsp3) is 0.100. The minimum absolute atomic E-state index is 0.0144. The second kappa shape index (κ2) is 7.58. The van der Waals surface area contributed by atoms with E-state index in [1.54, 1.807) is 24.3 Å². The van der Waals surface area contributed by atoms with Crippen molar-refractivity contribution in [2.75, 3.05) is 10.0 Å². The minimum Gasteiger partial charge on any atom is -0.381 e. The van der Waals surface area contributed by atoms with Crippen LogP contribution in [0.1, 0.15) is 11.1 Å². The van der Waals surface area contributed by atoms with E-state index in [9.17, 15) is 12.8 Å². The monoisotopic (exact) mass is 370 g/mol. The van der Waals surface area contributed by atoms with Crippen LogP contribution >= 0.6 is 0 Å². The molecule has 0 spiro atoms. The Labute approximate surface area is 152 Å². The first-order valence-electron chi connectivity index (χ1n) is 8.10. The van der Waals surface area contributed by atoms with Crippen LogP contribution in [0.15, 0.2) is 77.7 Å². The highest BCUT2D eigenvalue weighted by molar-refractivity contribution is 7.92. The summed E-state index contributed by atoms with van der Waals surface area (Å²) < 4.78 is 40.0. The molecular weight excluding hydrogens is 351 g/mol. The molecule has 0 fully saturated rings. The molecule has 0 aromatic heterocycles. The van der Waals surface area contributed by atoms with E-state index in [0.29, 0.717) is 12.2 Å². The molecule has 6 heteroatoms. The van der Waals surface area contributed by atoms with Crippen molar-refractivity contribution in [3.8, 4) is 0 Å². The van der Waals surface area contributed by atoms with Crippen LogP contribution in [0.25, 0.3) is 0 Å². The Morgan fingerprint density at radius 2 is 1.54 bits per heavy atom. The van der Waals surface area contributed by atoms with Crippen LogP contribution < -0.4 is 10.0 Å². The smallest absolute Gasteiger partial charge is 0.261 e. The predicted octanol–water partition coefficient (Wildman–Crippen LogP) is 4.55. The Balaban J connectivity index is 1.64. The Kier molecular flexibility index (Phi) is 5.23. The average molecular weight is 370 g/mol. The first-order valence-corrected chi connectivity index (χ1v) is 9.58. The molecule has 3 rings (SSSR count). The van der Waals surface area contributed by atoms with Crippen molar-refractivity contribution in [2.24, 2.45) is 0 Å². The summed E-state index contributed by atoms with van der Waals surface area (Å²) in [7, 11) is -3.74. The zero-order valence-electron chi connectivity index (χ0n) is 14.2. The van der Waals surface area contributed by atoms with Crippen molar-refractivity contribution in [1.82, 2.24) is 0 Å². The number of halogens is 1. The van der Waals surface area contributed by atoms with Gasteiger partial charge in [0, 0.05) is 17.9 Å². The quantitative estimate of drug-likeness (QED) is 0.669. The first kappa shape index (κ1) is 17.9. The Hall–Kier alpha value is -2.86. The number of rotatable bonds is 6. The number of nitrogens with one attached hydrogen (secondary N) is 2. The summed E-state index contributed by atoms with van der Waals surface area (Å²) in [4.78, 5) is 0.0144. The van der Waals surface area contributed by atoms with Gasteiger partial charge in [0.05, 0.1) is 4.90 Å². The summed E-state index contributed by atoms with van der Waals surface area (Å²) in [6.45, 7) is 2.73. The molecule has 2 N–H and O–H groups in total. The fourth-order valence-electron chi connectivity index (χ4n) is 2.51. The molecule has 4 nitrogen and oxygen atoms in total. The van der Waals surface area contributed by atoms with Gasteiger partial charge in [-0.15, -0.1) is 0 Å². The Bertz CT molecular complexity index is 985. The lowest BCUT2D eigenvalue weighted by Gasteiger charge is -2.10. The maximum absolute atomic E-state index is 12.9. The summed E-state index contributed by atoms with van der Waals surface area (Å²) in [5, 5.41) is 3.30. The average Bonchev–Trinajstić information content (AvgIpc) is 2.61. The zero-order valence-corrected chi connectivity index (χ0v) is 15.1. The van der Waals surface area contributed by atoms with Crippen LogP contribution in [-0.2, 0) is 16.6 Å². The normalized spacial score (nSPS) is 11.2. The maximum Gasteiger partial charge on any atom is 0.261 e. The Morgan fingerprint density at radius 3 is 2.19 bits per heavy atom. The largest absolute Gasteiger partial charge is 0.381 e. The molecule has 0 aliphatic carbocycles. The van der Waals surface area contributed by atoms with Gasteiger partial charge in [0.2, 0.25) is 0 Å². The highest BCUT2D eigenvalue weighted by Gasteiger charge is 2.13. The van der Waals surface area contributed by atoms with Gasteiger partial charge in [0.15, 0.2) is 0 Å². The molecule has 0 bridgehead atoms. The summed E-state index contributed by atoms with van der Waals surface area (Å²) in [6, 6.07) is 19.9. The van der Waals surface area contributed by atoms with E-state index < -0.39 is 15.8 Å². The fourth-order valence-corrected chi connectivity index (χ4v) is 3.57. The molecule has 0 unspecified atom stereocenters. The highest BCUT2D eigenvalue weighted by Crippen LogP contribution is 2.19. The van der Waals surface area contributed by atoms with Gasteiger partial charge in [0.25, 0.3) is 10.0 Å². The number of benzene rings is 3. The molecule has 3 aromatic carbocycles. The zero-order chi connectivity index (χ0) is 18.6. The van der Waals surface area contributed by atoms with Crippen molar-refractivity contribution < 1.29 is 12.8 Å². The number of hydrogen-bond donors (Lipinski definition) is 2. The second-order valence-electron chi connectivity index (χ2n) is 5.98. The second-order valence-corrected chi connectivity index (χ2v) is 7.66. The molecule has 0 saturated carbocycles. The SMILES string of the molecule is Cc1cccc(CNc2ccc(NS(=O)(=O)c3ccc(F)cc3)cc2)c1. The van der Waals surface area contributed by atoms with Gasteiger partial charge in [-0.1, -0.05) is 29.8 Å². The van der Waals surface area contributed by atoms with Gasteiger partial charge in [-0.2, -0.15) is 0 Å². The summed E-state index contributed by atoms with van der Waals surface area (Å²) in [5.41, 5.74) is 3.70. The summed E-state index contributed by atoms with van der Waals surface area (Å²) >= 11 is 0. The van der Waals surface area contributed by atoms with Gasteiger partial charge >= 0.3 is 0 Å². The van der Waals surface area contributed by atoms with Crippen LogP contribution in [0.3, 0.4) is 0 Å². The van der Waals surface area contributed by atoms with E-state index in [1.165, 1.54) is 23.3 Å². The number of anilines is 2. The van der Waals surface area contributed by atoms with Crippen molar-refractivity contribution in [2.45, 2.75) is 18.4 Å². The van der Waals surface area contributed by atoms with E-state index in [4.69, 9.17) is 0 Å². The van der Waals surface area contributed by atoms with E-state index >= 15 is 0 Å². The lowest BCUT2D eigenvalue weighted by Crippen LogP contribution is -2.12. The van der Waals surface area contributed by atoms with E-state index in [0.717, 1.165) is 17.8 Å². The molecule has 0 saturated heterocycles. The molecule has 3 aromatic rings. The third-order valence-electron chi connectivity index (χ3n) is 3.84. The first-order chi connectivity index (χ1) is 12.4. The van der Waals surface area contributed by atoms with Crippen LogP contribution in [0.5, 0.6) is 0 Å². The summed E-state index contributed by atoms with van der Waals surface area (Å²) in [6.07, 6.45) is 0.